The number of benzene rings is 2. The van der Waals surface area contributed by atoms with Gasteiger partial charge in [0, 0.05) is 18.7 Å². The van der Waals surface area contributed by atoms with Gasteiger partial charge < -0.3 is 5.32 Å². The zero-order chi connectivity index (χ0) is 19.5. The van der Waals surface area contributed by atoms with Gasteiger partial charge in [-0.1, -0.05) is 30.7 Å². The molecular formula is C20H26N2O3S. The standard InChI is InChI=1S/C20H26N2O3S/c1-6-16(4)21-20(23)17-10-9-15(3)19(13-17)22(5)26(24,25)18-11-7-14(2)8-12-18/h7-13,16H,6H2,1-5H3,(H,21,23). The van der Waals surface area contributed by atoms with Crippen molar-refractivity contribution in [2.45, 2.75) is 45.1 Å². The highest BCUT2D eigenvalue weighted by Gasteiger charge is 2.23. The molecule has 140 valence electrons. The number of nitrogens with one attached hydrogen (secondary N) is 1. The van der Waals surface area contributed by atoms with Gasteiger partial charge in [-0.3, -0.25) is 9.10 Å². The van der Waals surface area contributed by atoms with E-state index < -0.39 is 10.0 Å². The highest BCUT2D eigenvalue weighted by molar-refractivity contribution is 7.92. The minimum atomic E-state index is -3.70. The van der Waals surface area contributed by atoms with Gasteiger partial charge in [-0.25, -0.2) is 8.42 Å². The maximum Gasteiger partial charge on any atom is 0.264 e. The summed E-state index contributed by atoms with van der Waals surface area (Å²) < 4.78 is 27.1. The molecule has 0 saturated carbocycles. The summed E-state index contributed by atoms with van der Waals surface area (Å²) in [5, 5.41) is 2.90. The van der Waals surface area contributed by atoms with E-state index in [2.05, 4.69) is 5.32 Å². The quantitative estimate of drug-likeness (QED) is 0.839. The Hall–Kier alpha value is -2.34. The number of anilines is 1. The molecule has 0 saturated heterocycles. The SMILES string of the molecule is CCC(C)NC(=O)c1ccc(C)c(N(C)S(=O)(=O)c2ccc(C)cc2)c1. The molecule has 0 spiro atoms. The van der Waals surface area contributed by atoms with Crippen LogP contribution in [-0.2, 0) is 10.0 Å². The minimum absolute atomic E-state index is 0.0567. The van der Waals surface area contributed by atoms with Crippen LogP contribution < -0.4 is 9.62 Å². The first-order valence-electron chi connectivity index (χ1n) is 8.64. The van der Waals surface area contributed by atoms with Crippen LogP contribution in [0.2, 0.25) is 0 Å². The Kier molecular flexibility index (Phi) is 6.08. The van der Waals surface area contributed by atoms with Crippen LogP contribution in [0.3, 0.4) is 0 Å². The zero-order valence-corrected chi connectivity index (χ0v) is 16.7. The molecule has 1 unspecified atom stereocenters. The molecule has 6 heteroatoms. The van der Waals surface area contributed by atoms with Crippen molar-refractivity contribution < 1.29 is 13.2 Å². The Morgan fingerprint density at radius 1 is 1.12 bits per heavy atom. The van der Waals surface area contributed by atoms with Crippen LogP contribution in [0.4, 0.5) is 5.69 Å². The molecule has 0 aliphatic rings. The molecule has 0 bridgehead atoms. The minimum Gasteiger partial charge on any atom is -0.350 e. The maximum absolute atomic E-state index is 12.9. The summed E-state index contributed by atoms with van der Waals surface area (Å²) in [6.45, 7) is 7.66. The molecule has 0 aliphatic heterocycles. The van der Waals surface area contributed by atoms with E-state index in [1.165, 1.54) is 11.4 Å². The topological polar surface area (TPSA) is 66.5 Å². The lowest BCUT2D eigenvalue weighted by Crippen LogP contribution is -2.32. The molecule has 0 radical (unpaired) electrons. The van der Waals surface area contributed by atoms with Gasteiger partial charge in [0.2, 0.25) is 0 Å². The number of hydrogen-bond donors (Lipinski definition) is 1. The van der Waals surface area contributed by atoms with Gasteiger partial charge in [-0.2, -0.15) is 0 Å². The molecule has 1 amide bonds. The van der Waals surface area contributed by atoms with Crippen molar-refractivity contribution in [3.8, 4) is 0 Å². The van der Waals surface area contributed by atoms with Crippen molar-refractivity contribution >= 4 is 21.6 Å². The number of nitrogens with zero attached hydrogens (tertiary/aromatic N) is 1. The Morgan fingerprint density at radius 3 is 2.31 bits per heavy atom. The summed E-state index contributed by atoms with van der Waals surface area (Å²) in [6, 6.07) is 11.9. The van der Waals surface area contributed by atoms with Gasteiger partial charge in [-0.15, -0.1) is 0 Å². The molecule has 2 rings (SSSR count). The average Bonchev–Trinajstić information content (AvgIpc) is 2.61. The number of sulfonamides is 1. The number of hydrogen-bond acceptors (Lipinski definition) is 3. The van der Waals surface area contributed by atoms with Crippen LogP contribution in [0.1, 0.15) is 41.8 Å². The molecule has 0 heterocycles. The largest absolute Gasteiger partial charge is 0.350 e. The second-order valence-corrected chi connectivity index (χ2v) is 8.54. The second kappa shape index (κ2) is 7.91. The van der Waals surface area contributed by atoms with Crippen molar-refractivity contribution in [2.75, 3.05) is 11.4 Å². The Bertz CT molecular complexity index is 890. The van der Waals surface area contributed by atoms with Gasteiger partial charge in [0.1, 0.15) is 0 Å². The van der Waals surface area contributed by atoms with Gasteiger partial charge in [0.05, 0.1) is 10.6 Å². The van der Waals surface area contributed by atoms with E-state index in [-0.39, 0.29) is 16.8 Å². The highest BCUT2D eigenvalue weighted by atomic mass is 32.2. The molecule has 0 aliphatic carbocycles. The lowest BCUT2D eigenvalue weighted by molar-refractivity contribution is 0.0939. The van der Waals surface area contributed by atoms with Gasteiger partial charge >= 0.3 is 0 Å². The average molecular weight is 375 g/mol. The third kappa shape index (κ3) is 4.25. The van der Waals surface area contributed by atoms with E-state index in [0.29, 0.717) is 11.3 Å². The molecular weight excluding hydrogens is 348 g/mol. The van der Waals surface area contributed by atoms with Crippen LogP contribution in [0.5, 0.6) is 0 Å². The van der Waals surface area contributed by atoms with E-state index in [0.717, 1.165) is 17.5 Å². The summed E-state index contributed by atoms with van der Waals surface area (Å²) in [7, 11) is -2.19. The van der Waals surface area contributed by atoms with Crippen molar-refractivity contribution in [3.63, 3.8) is 0 Å². The van der Waals surface area contributed by atoms with Crippen LogP contribution in [0.15, 0.2) is 47.4 Å². The fraction of sp³-hybridized carbons (Fsp3) is 0.350. The Morgan fingerprint density at radius 2 is 1.73 bits per heavy atom. The van der Waals surface area contributed by atoms with E-state index in [9.17, 15) is 13.2 Å². The number of aryl methyl sites for hydroxylation is 2. The second-order valence-electron chi connectivity index (χ2n) is 6.57. The zero-order valence-electron chi connectivity index (χ0n) is 15.9. The van der Waals surface area contributed by atoms with Crippen molar-refractivity contribution in [3.05, 3.63) is 59.2 Å². The fourth-order valence-corrected chi connectivity index (χ4v) is 3.75. The summed E-state index contributed by atoms with van der Waals surface area (Å²) in [4.78, 5) is 12.6. The van der Waals surface area contributed by atoms with Gasteiger partial charge in [0.25, 0.3) is 15.9 Å². The van der Waals surface area contributed by atoms with Crippen LogP contribution in [-0.4, -0.2) is 27.4 Å². The highest BCUT2D eigenvalue weighted by Crippen LogP contribution is 2.26. The first-order chi connectivity index (χ1) is 12.2. The predicted molar refractivity (Wildman–Crippen MR) is 105 cm³/mol. The summed E-state index contributed by atoms with van der Waals surface area (Å²) in [6.07, 6.45) is 0.826. The van der Waals surface area contributed by atoms with Gasteiger partial charge in [0.15, 0.2) is 0 Å². The molecule has 2 aromatic rings. The molecule has 5 nitrogen and oxygen atoms in total. The Balaban J connectivity index is 2.39. The monoisotopic (exact) mass is 374 g/mol. The number of amides is 1. The molecule has 2 aromatic carbocycles. The number of carbonyl (C=O) groups is 1. The van der Waals surface area contributed by atoms with E-state index >= 15 is 0 Å². The maximum atomic E-state index is 12.9. The third-order valence-corrected chi connectivity index (χ3v) is 6.27. The Labute approximate surface area is 156 Å². The first-order valence-corrected chi connectivity index (χ1v) is 10.1. The predicted octanol–water partition coefficient (Wildman–Crippen LogP) is 3.66. The van der Waals surface area contributed by atoms with Crippen LogP contribution >= 0.6 is 0 Å². The molecule has 1 atom stereocenters. The molecule has 0 fully saturated rings. The van der Waals surface area contributed by atoms with Gasteiger partial charge in [-0.05, 0) is 57.0 Å². The van der Waals surface area contributed by atoms with Crippen molar-refractivity contribution in [1.29, 1.82) is 0 Å². The van der Waals surface area contributed by atoms with E-state index in [1.807, 2.05) is 27.7 Å². The lowest BCUT2D eigenvalue weighted by atomic mass is 10.1. The molecule has 0 aromatic heterocycles. The number of rotatable bonds is 6. The summed E-state index contributed by atoms with van der Waals surface area (Å²) in [5.41, 5.74) is 2.70. The molecule has 1 N–H and O–H groups in total. The van der Waals surface area contributed by atoms with Crippen LogP contribution in [0, 0.1) is 13.8 Å². The smallest absolute Gasteiger partial charge is 0.264 e. The van der Waals surface area contributed by atoms with Crippen LogP contribution in [0.25, 0.3) is 0 Å². The number of carbonyl (C=O) groups excluding carboxylic acids is 1. The van der Waals surface area contributed by atoms with Crippen molar-refractivity contribution in [1.82, 2.24) is 5.32 Å². The fourth-order valence-electron chi connectivity index (χ4n) is 2.50. The normalized spacial score (nSPS) is 12.5. The van der Waals surface area contributed by atoms with E-state index in [4.69, 9.17) is 0 Å². The van der Waals surface area contributed by atoms with E-state index in [1.54, 1.807) is 42.5 Å². The molecule has 26 heavy (non-hydrogen) atoms. The lowest BCUT2D eigenvalue weighted by Gasteiger charge is -2.22. The first kappa shape index (κ1) is 20.0. The van der Waals surface area contributed by atoms with Crippen molar-refractivity contribution in [2.24, 2.45) is 0 Å². The summed E-state index contributed by atoms with van der Waals surface area (Å²) in [5.74, 6) is -0.207. The third-order valence-electron chi connectivity index (χ3n) is 4.48. The summed E-state index contributed by atoms with van der Waals surface area (Å²) >= 11 is 0.